The van der Waals surface area contributed by atoms with Gasteiger partial charge in [-0.2, -0.15) is 0 Å². The first-order valence-electron chi connectivity index (χ1n) is 6.52. The molecule has 0 aliphatic rings. The van der Waals surface area contributed by atoms with Gasteiger partial charge in [0.1, 0.15) is 6.61 Å². The molecule has 0 amide bonds. The lowest BCUT2D eigenvalue weighted by atomic mass is 10.2. The van der Waals surface area contributed by atoms with Crippen molar-refractivity contribution in [2.45, 2.75) is 13.0 Å². The van der Waals surface area contributed by atoms with Crippen LogP contribution in [0.5, 0.6) is 11.5 Å². The Morgan fingerprint density at radius 2 is 2.10 bits per heavy atom. The number of nitrogens with one attached hydrogen (secondary N) is 1. The molecule has 0 saturated carbocycles. The Kier molecular flexibility index (Phi) is 11.4. The summed E-state index contributed by atoms with van der Waals surface area (Å²) < 4.78 is 16.9. The Hall–Kier alpha value is -0.750. The standard InChI is InChI=1S/C15H22BrNO3.ClH/c1-4-7-20-15-13(16)9-12(10-14(15)19-3)11-17-6-5-8-18-2;/h4,9-10,17H,1,5-8,11H2,2-3H3;1H. The highest BCUT2D eigenvalue weighted by Gasteiger charge is 2.11. The molecule has 0 saturated heterocycles. The summed E-state index contributed by atoms with van der Waals surface area (Å²) in [7, 11) is 3.35. The van der Waals surface area contributed by atoms with Gasteiger partial charge in [-0.1, -0.05) is 12.7 Å². The van der Waals surface area contributed by atoms with Crippen LogP contribution in [0.1, 0.15) is 12.0 Å². The average Bonchev–Trinajstić information content (AvgIpc) is 2.45. The van der Waals surface area contributed by atoms with Gasteiger partial charge in [-0.25, -0.2) is 0 Å². The number of hydrogen-bond acceptors (Lipinski definition) is 4. The van der Waals surface area contributed by atoms with Gasteiger partial charge in [-0.15, -0.1) is 12.4 Å². The second-order valence-corrected chi connectivity index (χ2v) is 5.09. The van der Waals surface area contributed by atoms with Crippen LogP contribution >= 0.6 is 28.3 Å². The first-order chi connectivity index (χ1) is 9.72. The van der Waals surface area contributed by atoms with Crippen molar-refractivity contribution in [3.63, 3.8) is 0 Å². The van der Waals surface area contributed by atoms with Crippen LogP contribution in [0.15, 0.2) is 29.3 Å². The maximum Gasteiger partial charge on any atom is 0.175 e. The quantitative estimate of drug-likeness (QED) is 0.497. The van der Waals surface area contributed by atoms with Gasteiger partial charge in [0.05, 0.1) is 11.6 Å². The Balaban J connectivity index is 0.00000400. The fraction of sp³-hybridized carbons (Fsp3) is 0.467. The Labute approximate surface area is 141 Å². The normalized spacial score (nSPS) is 9.86. The number of rotatable bonds is 10. The van der Waals surface area contributed by atoms with E-state index in [-0.39, 0.29) is 12.4 Å². The molecule has 0 radical (unpaired) electrons. The molecule has 0 aromatic heterocycles. The largest absolute Gasteiger partial charge is 0.493 e. The highest BCUT2D eigenvalue weighted by molar-refractivity contribution is 9.10. The van der Waals surface area contributed by atoms with E-state index in [0.717, 1.165) is 41.9 Å². The fourth-order valence-corrected chi connectivity index (χ4v) is 2.34. The van der Waals surface area contributed by atoms with Gasteiger partial charge < -0.3 is 19.5 Å². The summed E-state index contributed by atoms with van der Waals surface area (Å²) in [6, 6.07) is 4.01. The first-order valence-corrected chi connectivity index (χ1v) is 7.32. The van der Waals surface area contributed by atoms with Gasteiger partial charge in [0.2, 0.25) is 0 Å². The van der Waals surface area contributed by atoms with Crippen LogP contribution in [0, 0.1) is 0 Å². The molecule has 1 aromatic rings. The molecule has 0 bridgehead atoms. The maximum atomic E-state index is 5.59. The predicted molar refractivity (Wildman–Crippen MR) is 91.8 cm³/mol. The van der Waals surface area contributed by atoms with E-state index in [2.05, 4.69) is 27.8 Å². The van der Waals surface area contributed by atoms with Crippen molar-refractivity contribution in [1.29, 1.82) is 0 Å². The molecule has 0 fully saturated rings. The molecule has 6 heteroatoms. The lowest BCUT2D eigenvalue weighted by Gasteiger charge is -2.14. The van der Waals surface area contributed by atoms with Crippen LogP contribution < -0.4 is 14.8 Å². The maximum absolute atomic E-state index is 5.59. The zero-order valence-corrected chi connectivity index (χ0v) is 14.9. The highest BCUT2D eigenvalue weighted by Crippen LogP contribution is 2.36. The molecule has 0 spiro atoms. The second kappa shape index (κ2) is 11.9. The summed E-state index contributed by atoms with van der Waals surface area (Å²) in [4.78, 5) is 0. The summed E-state index contributed by atoms with van der Waals surface area (Å²) in [6.45, 7) is 6.56. The first kappa shape index (κ1) is 20.2. The predicted octanol–water partition coefficient (Wildman–Crippen LogP) is 3.57. The number of methoxy groups -OCH3 is 2. The third-order valence-corrected chi connectivity index (χ3v) is 3.25. The third kappa shape index (κ3) is 7.18. The van der Waals surface area contributed by atoms with Gasteiger partial charge in [-0.3, -0.25) is 0 Å². The molecule has 1 N–H and O–H groups in total. The minimum absolute atomic E-state index is 0. The molecule has 0 heterocycles. The summed E-state index contributed by atoms with van der Waals surface area (Å²) in [5, 5.41) is 3.36. The Morgan fingerprint density at radius 1 is 1.33 bits per heavy atom. The Bertz CT molecular complexity index is 430. The molecule has 1 rings (SSSR count). The van der Waals surface area contributed by atoms with Crippen molar-refractivity contribution in [2.75, 3.05) is 34.0 Å². The van der Waals surface area contributed by atoms with E-state index < -0.39 is 0 Å². The highest BCUT2D eigenvalue weighted by atomic mass is 79.9. The lowest BCUT2D eigenvalue weighted by molar-refractivity contribution is 0.194. The van der Waals surface area contributed by atoms with Crippen molar-refractivity contribution in [3.8, 4) is 11.5 Å². The topological polar surface area (TPSA) is 39.7 Å². The Morgan fingerprint density at radius 3 is 2.71 bits per heavy atom. The van der Waals surface area contributed by atoms with Crippen molar-refractivity contribution < 1.29 is 14.2 Å². The number of hydrogen-bond donors (Lipinski definition) is 1. The molecule has 0 aliphatic heterocycles. The monoisotopic (exact) mass is 379 g/mol. The molecule has 21 heavy (non-hydrogen) atoms. The molecule has 0 aliphatic carbocycles. The van der Waals surface area contributed by atoms with Crippen LogP contribution in [0.4, 0.5) is 0 Å². The van der Waals surface area contributed by atoms with Crippen LogP contribution in [0.3, 0.4) is 0 Å². The van der Waals surface area contributed by atoms with E-state index in [9.17, 15) is 0 Å². The van der Waals surface area contributed by atoms with Gasteiger partial charge in [0.15, 0.2) is 11.5 Å². The van der Waals surface area contributed by atoms with Crippen LogP contribution in [-0.2, 0) is 11.3 Å². The third-order valence-electron chi connectivity index (χ3n) is 2.67. The molecular weight excluding hydrogens is 358 g/mol. The van der Waals surface area contributed by atoms with Gasteiger partial charge in [-0.05, 0) is 46.6 Å². The average molecular weight is 381 g/mol. The summed E-state index contributed by atoms with van der Waals surface area (Å²) in [6.07, 6.45) is 2.70. The van der Waals surface area contributed by atoms with Crippen molar-refractivity contribution in [1.82, 2.24) is 5.32 Å². The van der Waals surface area contributed by atoms with Crippen LogP contribution in [0.25, 0.3) is 0 Å². The number of ether oxygens (including phenoxy) is 3. The molecule has 0 unspecified atom stereocenters. The number of halogens is 2. The van der Waals surface area contributed by atoms with Crippen LogP contribution in [0.2, 0.25) is 0 Å². The van der Waals surface area contributed by atoms with Crippen molar-refractivity contribution in [2.24, 2.45) is 0 Å². The summed E-state index contributed by atoms with van der Waals surface area (Å²) >= 11 is 3.52. The van der Waals surface area contributed by atoms with E-state index in [1.165, 1.54) is 0 Å². The molecule has 4 nitrogen and oxygen atoms in total. The zero-order chi connectivity index (χ0) is 14.8. The minimum Gasteiger partial charge on any atom is -0.493 e. The van der Waals surface area contributed by atoms with Crippen molar-refractivity contribution >= 4 is 28.3 Å². The van der Waals surface area contributed by atoms with E-state index >= 15 is 0 Å². The lowest BCUT2D eigenvalue weighted by Crippen LogP contribution is -2.16. The minimum atomic E-state index is 0. The van der Waals surface area contributed by atoms with Gasteiger partial charge in [0, 0.05) is 20.3 Å². The van der Waals surface area contributed by atoms with Gasteiger partial charge >= 0.3 is 0 Å². The molecule has 1 aromatic carbocycles. The van der Waals surface area contributed by atoms with Gasteiger partial charge in [0.25, 0.3) is 0 Å². The number of benzene rings is 1. The fourth-order valence-electron chi connectivity index (χ4n) is 1.73. The second-order valence-electron chi connectivity index (χ2n) is 4.23. The van der Waals surface area contributed by atoms with Crippen LogP contribution in [-0.4, -0.2) is 34.0 Å². The van der Waals surface area contributed by atoms with E-state index in [0.29, 0.717) is 12.4 Å². The zero-order valence-electron chi connectivity index (χ0n) is 12.5. The molecule has 120 valence electrons. The smallest absolute Gasteiger partial charge is 0.175 e. The van der Waals surface area contributed by atoms with Crippen molar-refractivity contribution in [3.05, 3.63) is 34.8 Å². The SMILES string of the molecule is C=CCOc1c(Br)cc(CNCCCOC)cc1OC.Cl. The van der Waals surface area contributed by atoms with E-state index in [1.54, 1.807) is 20.3 Å². The summed E-state index contributed by atoms with van der Waals surface area (Å²) in [5.74, 6) is 1.42. The van der Waals surface area contributed by atoms with E-state index in [4.69, 9.17) is 14.2 Å². The molecular formula is C15H23BrClNO3. The van der Waals surface area contributed by atoms with E-state index in [1.807, 2.05) is 12.1 Å². The summed E-state index contributed by atoms with van der Waals surface area (Å²) in [5.41, 5.74) is 1.14. The molecule has 0 atom stereocenters.